The van der Waals surface area contributed by atoms with Crippen molar-refractivity contribution >= 4 is 23.2 Å². The lowest BCUT2D eigenvalue weighted by molar-refractivity contribution is -0.120. The molecular weight excluding hydrogens is 260 g/mol. The van der Waals surface area contributed by atoms with Crippen LogP contribution in [0.25, 0.3) is 0 Å². The van der Waals surface area contributed by atoms with Crippen LogP contribution in [0, 0.1) is 12.8 Å². The first-order chi connectivity index (χ1) is 9.08. The largest absolute Gasteiger partial charge is 0.327 e. The fraction of sp³-hybridized carbons (Fsp3) is 0.533. The molecular formula is C15H21ClN2O. The minimum absolute atomic E-state index is 0.0225. The standard InChI is InChI=1S/C15H21ClN2O/c1-10-7-8-11(9-13(10)16)18-15(19)12-5-3-2-4-6-14(12)17/h7-9,12,14H,2-6,17H2,1H3,(H,18,19). The maximum absolute atomic E-state index is 12.3. The van der Waals surface area contributed by atoms with Crippen LogP contribution >= 0.6 is 11.6 Å². The minimum Gasteiger partial charge on any atom is -0.327 e. The number of hydrogen-bond acceptors (Lipinski definition) is 2. The Balaban J connectivity index is 2.04. The number of anilines is 1. The van der Waals surface area contributed by atoms with Gasteiger partial charge in [-0.15, -0.1) is 0 Å². The summed E-state index contributed by atoms with van der Waals surface area (Å²) in [4.78, 5) is 12.3. The summed E-state index contributed by atoms with van der Waals surface area (Å²) < 4.78 is 0. The third-order valence-electron chi connectivity index (χ3n) is 3.85. The highest BCUT2D eigenvalue weighted by molar-refractivity contribution is 6.31. The van der Waals surface area contributed by atoms with Crippen molar-refractivity contribution in [3.8, 4) is 0 Å². The van der Waals surface area contributed by atoms with Crippen LogP contribution < -0.4 is 11.1 Å². The average molecular weight is 281 g/mol. The zero-order chi connectivity index (χ0) is 13.8. The summed E-state index contributed by atoms with van der Waals surface area (Å²) in [6.45, 7) is 1.94. The summed E-state index contributed by atoms with van der Waals surface area (Å²) >= 11 is 6.06. The van der Waals surface area contributed by atoms with Crippen molar-refractivity contribution in [1.82, 2.24) is 0 Å². The molecule has 3 N–H and O–H groups in total. The molecule has 104 valence electrons. The molecule has 0 heterocycles. The second-order valence-electron chi connectivity index (χ2n) is 5.36. The summed E-state index contributed by atoms with van der Waals surface area (Å²) in [5.41, 5.74) is 7.85. The van der Waals surface area contributed by atoms with Gasteiger partial charge in [0.25, 0.3) is 0 Å². The molecule has 4 heteroatoms. The van der Waals surface area contributed by atoms with Gasteiger partial charge in [0.05, 0.1) is 5.92 Å². The lowest BCUT2D eigenvalue weighted by Gasteiger charge is -2.20. The van der Waals surface area contributed by atoms with Crippen LogP contribution in [0.3, 0.4) is 0 Å². The Morgan fingerprint density at radius 1 is 1.32 bits per heavy atom. The van der Waals surface area contributed by atoms with E-state index in [4.69, 9.17) is 17.3 Å². The molecule has 1 aliphatic carbocycles. The van der Waals surface area contributed by atoms with Crippen molar-refractivity contribution in [1.29, 1.82) is 0 Å². The van der Waals surface area contributed by atoms with Gasteiger partial charge in [0.2, 0.25) is 5.91 Å². The van der Waals surface area contributed by atoms with Crippen molar-refractivity contribution in [2.75, 3.05) is 5.32 Å². The average Bonchev–Trinajstić information content (AvgIpc) is 2.58. The molecule has 1 aliphatic rings. The van der Waals surface area contributed by atoms with Gasteiger partial charge in [-0.3, -0.25) is 4.79 Å². The SMILES string of the molecule is Cc1ccc(NC(=O)C2CCCCCC2N)cc1Cl. The Kier molecular flexibility index (Phi) is 4.83. The van der Waals surface area contributed by atoms with E-state index >= 15 is 0 Å². The van der Waals surface area contributed by atoms with E-state index in [-0.39, 0.29) is 17.9 Å². The fourth-order valence-electron chi connectivity index (χ4n) is 2.57. The summed E-state index contributed by atoms with van der Waals surface area (Å²) in [6, 6.07) is 5.55. The Morgan fingerprint density at radius 2 is 2.05 bits per heavy atom. The highest BCUT2D eigenvalue weighted by Crippen LogP contribution is 2.25. The molecule has 1 aromatic carbocycles. The molecule has 19 heavy (non-hydrogen) atoms. The number of aryl methyl sites for hydroxylation is 1. The Bertz CT molecular complexity index is 461. The molecule has 2 rings (SSSR count). The van der Waals surface area contributed by atoms with Crippen molar-refractivity contribution in [2.24, 2.45) is 11.7 Å². The number of nitrogens with one attached hydrogen (secondary N) is 1. The van der Waals surface area contributed by atoms with Crippen LogP contribution in [-0.4, -0.2) is 11.9 Å². The van der Waals surface area contributed by atoms with E-state index in [0.717, 1.165) is 36.9 Å². The van der Waals surface area contributed by atoms with E-state index in [1.807, 2.05) is 19.1 Å². The van der Waals surface area contributed by atoms with Gasteiger partial charge in [0, 0.05) is 16.8 Å². The predicted octanol–water partition coefficient (Wildman–Crippen LogP) is 3.49. The van der Waals surface area contributed by atoms with Crippen LogP contribution in [0.2, 0.25) is 5.02 Å². The number of hydrogen-bond donors (Lipinski definition) is 2. The van der Waals surface area contributed by atoms with Crippen molar-refractivity contribution < 1.29 is 4.79 Å². The first kappa shape index (κ1) is 14.4. The third-order valence-corrected chi connectivity index (χ3v) is 4.25. The summed E-state index contributed by atoms with van der Waals surface area (Å²) in [7, 11) is 0. The molecule has 0 bridgehead atoms. The molecule has 1 saturated carbocycles. The third kappa shape index (κ3) is 3.71. The number of benzene rings is 1. The number of rotatable bonds is 2. The number of halogens is 1. The molecule has 0 aliphatic heterocycles. The van der Waals surface area contributed by atoms with Crippen molar-refractivity contribution in [3.63, 3.8) is 0 Å². The van der Waals surface area contributed by atoms with E-state index in [1.165, 1.54) is 6.42 Å². The molecule has 2 atom stereocenters. The highest BCUT2D eigenvalue weighted by Gasteiger charge is 2.27. The van der Waals surface area contributed by atoms with Crippen LogP contribution in [0.5, 0.6) is 0 Å². The maximum Gasteiger partial charge on any atom is 0.229 e. The highest BCUT2D eigenvalue weighted by atomic mass is 35.5. The van der Waals surface area contributed by atoms with Crippen molar-refractivity contribution in [3.05, 3.63) is 28.8 Å². The molecule has 0 aromatic heterocycles. The maximum atomic E-state index is 12.3. The lowest BCUT2D eigenvalue weighted by Crippen LogP contribution is -2.37. The summed E-state index contributed by atoms with van der Waals surface area (Å²) in [6.07, 6.45) is 5.20. The van der Waals surface area contributed by atoms with Gasteiger partial charge in [-0.05, 0) is 37.5 Å². The molecule has 0 saturated heterocycles. The molecule has 1 fully saturated rings. The predicted molar refractivity (Wildman–Crippen MR) is 79.4 cm³/mol. The zero-order valence-electron chi connectivity index (χ0n) is 11.3. The van der Waals surface area contributed by atoms with Gasteiger partial charge >= 0.3 is 0 Å². The number of carbonyl (C=O) groups is 1. The molecule has 0 spiro atoms. The topological polar surface area (TPSA) is 55.1 Å². The van der Waals surface area contributed by atoms with Crippen LogP contribution in [0.4, 0.5) is 5.69 Å². The van der Waals surface area contributed by atoms with E-state index < -0.39 is 0 Å². The van der Waals surface area contributed by atoms with Crippen LogP contribution in [0.1, 0.15) is 37.7 Å². The fourth-order valence-corrected chi connectivity index (χ4v) is 2.75. The van der Waals surface area contributed by atoms with Crippen molar-refractivity contribution in [2.45, 2.75) is 45.1 Å². The molecule has 1 aromatic rings. The molecule has 0 radical (unpaired) electrons. The van der Waals surface area contributed by atoms with E-state index in [9.17, 15) is 4.79 Å². The Labute approximate surface area is 119 Å². The molecule has 2 unspecified atom stereocenters. The molecule has 3 nitrogen and oxygen atoms in total. The Hall–Kier alpha value is -1.06. The molecule has 1 amide bonds. The first-order valence-corrected chi connectivity index (χ1v) is 7.28. The first-order valence-electron chi connectivity index (χ1n) is 6.90. The van der Waals surface area contributed by atoms with Gasteiger partial charge in [-0.1, -0.05) is 36.9 Å². The quantitative estimate of drug-likeness (QED) is 0.815. The second-order valence-corrected chi connectivity index (χ2v) is 5.77. The summed E-state index contributed by atoms with van der Waals surface area (Å²) in [5.74, 6) is -0.0584. The van der Waals surface area contributed by atoms with Gasteiger partial charge < -0.3 is 11.1 Å². The summed E-state index contributed by atoms with van der Waals surface area (Å²) in [5, 5.41) is 3.60. The van der Waals surface area contributed by atoms with Gasteiger partial charge in [-0.25, -0.2) is 0 Å². The van der Waals surface area contributed by atoms with Gasteiger partial charge in [0.1, 0.15) is 0 Å². The lowest BCUT2D eigenvalue weighted by atomic mass is 9.94. The van der Waals surface area contributed by atoms with Crippen LogP contribution in [-0.2, 0) is 4.79 Å². The van der Waals surface area contributed by atoms with E-state index in [1.54, 1.807) is 6.07 Å². The van der Waals surface area contributed by atoms with Crippen LogP contribution in [0.15, 0.2) is 18.2 Å². The number of nitrogens with two attached hydrogens (primary N) is 1. The second kappa shape index (κ2) is 6.40. The number of amides is 1. The smallest absolute Gasteiger partial charge is 0.229 e. The van der Waals surface area contributed by atoms with E-state index in [2.05, 4.69) is 5.32 Å². The van der Waals surface area contributed by atoms with Gasteiger partial charge in [0.15, 0.2) is 0 Å². The Morgan fingerprint density at radius 3 is 2.79 bits per heavy atom. The van der Waals surface area contributed by atoms with E-state index in [0.29, 0.717) is 5.02 Å². The normalized spacial score (nSPS) is 23.7. The monoisotopic (exact) mass is 280 g/mol. The van der Waals surface area contributed by atoms with Gasteiger partial charge in [-0.2, -0.15) is 0 Å². The number of carbonyl (C=O) groups excluding carboxylic acids is 1. The zero-order valence-corrected chi connectivity index (χ0v) is 12.0. The minimum atomic E-state index is -0.0809.